The lowest BCUT2D eigenvalue weighted by atomic mass is 10.4. The van der Waals surface area contributed by atoms with E-state index in [-0.39, 0.29) is 0 Å². The van der Waals surface area contributed by atoms with Crippen LogP contribution in [0.15, 0.2) is 0 Å². The Hall–Kier alpha value is -1.19. The van der Waals surface area contributed by atoms with Gasteiger partial charge in [-0.25, -0.2) is 8.78 Å². The fourth-order valence-corrected chi connectivity index (χ4v) is 0.751. The molecule has 0 bridgehead atoms. The molecule has 19 heavy (non-hydrogen) atoms. The molecule has 0 saturated carbocycles. The molecule has 0 radical (unpaired) electrons. The first-order valence-electron chi connectivity index (χ1n) is 5.96. The van der Waals surface area contributed by atoms with Gasteiger partial charge in [0.2, 0.25) is 0 Å². The van der Waals surface area contributed by atoms with Crippen molar-refractivity contribution in [2.24, 2.45) is 0 Å². The van der Waals surface area contributed by atoms with Gasteiger partial charge in [0.05, 0.1) is 7.11 Å². The molecule has 0 atom stereocenters. The van der Waals surface area contributed by atoms with Crippen LogP contribution in [0.5, 0.6) is 0 Å². The molecule has 1 rings (SSSR count). The fourth-order valence-electron chi connectivity index (χ4n) is 0.751. The summed E-state index contributed by atoms with van der Waals surface area (Å²) in [6, 6.07) is 0. The summed E-state index contributed by atoms with van der Waals surface area (Å²) >= 11 is 0. The average molecular weight is 283 g/mol. The van der Waals surface area contributed by atoms with Crippen molar-refractivity contribution in [2.75, 3.05) is 33.9 Å². The van der Waals surface area contributed by atoms with Crippen LogP contribution in [-0.2, 0) is 14.3 Å². The Morgan fingerprint density at radius 1 is 1.21 bits per heavy atom. The van der Waals surface area contributed by atoms with Crippen LogP contribution in [-0.4, -0.2) is 46.8 Å². The molecule has 0 aromatic heterocycles. The molecule has 1 saturated heterocycles. The maximum atomic E-state index is 10.9. The van der Waals surface area contributed by atoms with Crippen molar-refractivity contribution in [3.8, 4) is 12.8 Å². The van der Waals surface area contributed by atoms with Crippen LogP contribution in [0.3, 0.4) is 0 Å². The highest BCUT2D eigenvalue weighted by Gasteiger charge is 1.96. The van der Waals surface area contributed by atoms with Gasteiger partial charge in [0, 0.05) is 7.11 Å². The zero-order chi connectivity index (χ0) is 15.9. The van der Waals surface area contributed by atoms with Crippen LogP contribution in [0.4, 0.5) is 8.78 Å². The first-order chi connectivity index (χ1) is 9.18. The maximum absolute atomic E-state index is 10.9. The summed E-state index contributed by atoms with van der Waals surface area (Å²) in [4.78, 5) is 8.95. The Morgan fingerprint density at radius 2 is 1.58 bits per heavy atom. The number of rotatable bonds is 3. The van der Waals surface area contributed by atoms with Gasteiger partial charge in [0.15, 0.2) is 0 Å². The molecule has 0 aromatic carbocycles. The molecule has 1 heterocycles. The van der Waals surface area contributed by atoms with E-state index < -0.39 is 13.0 Å². The highest BCUT2D eigenvalue weighted by Crippen LogP contribution is 1.90. The molecule has 1 aliphatic heterocycles. The van der Waals surface area contributed by atoms with Gasteiger partial charge in [-0.3, -0.25) is 4.79 Å². The molecular formula is C13H27F2NO3. The van der Waals surface area contributed by atoms with Crippen LogP contribution in [0.2, 0.25) is 0 Å². The number of ether oxygens (including phenoxy) is 2. The first kappa shape index (κ1) is 26.4. The summed E-state index contributed by atoms with van der Waals surface area (Å²) in [6.07, 6.45) is 8.45. The van der Waals surface area contributed by atoms with Gasteiger partial charge in [-0.1, -0.05) is 13.8 Å². The van der Waals surface area contributed by atoms with E-state index >= 15 is 0 Å². The number of methoxy groups -OCH3 is 2. The normalized spacial score (nSPS) is 11.0. The Balaban J connectivity index is -0.0000000795. The molecule has 4 nitrogen and oxygen atoms in total. The second kappa shape index (κ2) is 36.0. The minimum absolute atomic E-state index is 0.375. The number of alkyl halides is 2. The number of halogens is 2. The van der Waals surface area contributed by atoms with Crippen molar-refractivity contribution in [2.45, 2.75) is 33.1 Å². The number of terminal acetylenes is 1. The SMILES string of the molecule is C#C.C1CCNC1.CC.COC=O.COCC(F)F. The number of hydrogen-bond donors (Lipinski definition) is 1. The lowest BCUT2D eigenvalue weighted by Gasteiger charge is -1.90. The van der Waals surface area contributed by atoms with Gasteiger partial charge in [0.25, 0.3) is 12.9 Å². The smallest absolute Gasteiger partial charge is 0.292 e. The molecule has 1 aliphatic rings. The van der Waals surface area contributed by atoms with E-state index in [4.69, 9.17) is 4.79 Å². The van der Waals surface area contributed by atoms with E-state index in [9.17, 15) is 8.78 Å². The molecule has 1 N–H and O–H groups in total. The van der Waals surface area contributed by atoms with Crippen LogP contribution in [0, 0.1) is 12.8 Å². The van der Waals surface area contributed by atoms with Gasteiger partial charge in [-0.05, 0) is 25.9 Å². The Morgan fingerprint density at radius 3 is 1.63 bits per heavy atom. The lowest BCUT2D eigenvalue weighted by molar-refractivity contribution is -0.126. The first-order valence-corrected chi connectivity index (χ1v) is 5.96. The van der Waals surface area contributed by atoms with Crippen molar-refractivity contribution >= 4 is 6.47 Å². The predicted octanol–water partition coefficient (Wildman–Crippen LogP) is 2.33. The van der Waals surface area contributed by atoms with Gasteiger partial charge in [-0.15, -0.1) is 12.8 Å². The average Bonchev–Trinajstić information content (AvgIpc) is 3.03. The number of carbonyl (C=O) groups excluding carboxylic acids is 1. The third-order valence-corrected chi connectivity index (χ3v) is 1.35. The molecule has 0 spiro atoms. The van der Waals surface area contributed by atoms with Crippen molar-refractivity contribution in [3.63, 3.8) is 0 Å². The summed E-state index contributed by atoms with van der Waals surface area (Å²) in [5.41, 5.74) is 0. The summed E-state index contributed by atoms with van der Waals surface area (Å²) in [6.45, 7) is 6.42. The maximum Gasteiger partial charge on any atom is 0.292 e. The Kier molecular flexibility index (Phi) is 49.9. The van der Waals surface area contributed by atoms with Gasteiger partial charge in [-0.2, -0.15) is 0 Å². The molecule has 0 unspecified atom stereocenters. The largest absolute Gasteiger partial charge is 0.471 e. The summed E-state index contributed by atoms with van der Waals surface area (Å²) in [7, 11) is 2.55. The van der Waals surface area contributed by atoms with E-state index in [0.29, 0.717) is 6.47 Å². The van der Waals surface area contributed by atoms with Gasteiger partial charge >= 0.3 is 0 Å². The number of nitrogens with one attached hydrogen (secondary N) is 1. The molecular weight excluding hydrogens is 256 g/mol. The summed E-state index contributed by atoms with van der Waals surface area (Å²) in [5, 5.41) is 3.22. The molecule has 6 heteroatoms. The molecule has 0 aliphatic carbocycles. The third kappa shape index (κ3) is 60.4. The van der Waals surface area contributed by atoms with Crippen LogP contribution >= 0.6 is 0 Å². The van der Waals surface area contributed by atoms with E-state index in [2.05, 4.69) is 27.6 Å². The van der Waals surface area contributed by atoms with Crippen LogP contribution < -0.4 is 5.32 Å². The molecule has 0 aromatic rings. The third-order valence-electron chi connectivity index (χ3n) is 1.35. The van der Waals surface area contributed by atoms with E-state index in [0.717, 1.165) is 0 Å². The quantitative estimate of drug-likeness (QED) is 0.638. The topological polar surface area (TPSA) is 47.6 Å². The Labute approximate surface area is 115 Å². The molecule has 1 fully saturated rings. The minimum Gasteiger partial charge on any atom is -0.471 e. The highest BCUT2D eigenvalue weighted by molar-refractivity contribution is 5.36. The second-order valence-electron chi connectivity index (χ2n) is 2.64. The van der Waals surface area contributed by atoms with Crippen molar-refractivity contribution < 1.29 is 23.0 Å². The highest BCUT2D eigenvalue weighted by atomic mass is 19.3. The number of hydrogen-bond acceptors (Lipinski definition) is 4. The zero-order valence-corrected chi connectivity index (χ0v) is 12.3. The summed E-state index contributed by atoms with van der Waals surface area (Å²) < 4.78 is 29.7. The Bertz CT molecular complexity index is 144. The van der Waals surface area contributed by atoms with E-state index in [1.54, 1.807) is 0 Å². The van der Waals surface area contributed by atoms with Crippen LogP contribution in [0.1, 0.15) is 26.7 Å². The van der Waals surface area contributed by atoms with Crippen molar-refractivity contribution in [3.05, 3.63) is 0 Å². The minimum atomic E-state index is -2.32. The lowest BCUT2D eigenvalue weighted by Crippen LogP contribution is -2.03. The zero-order valence-electron chi connectivity index (χ0n) is 12.3. The monoisotopic (exact) mass is 283 g/mol. The standard InChI is InChI=1S/C4H9N.C3H6F2O.C2H4O2.C2H6.C2H2/c1-2-4-5-3-1;1-6-2-3(4)5;1-4-2-3;2*1-2/h5H,1-4H2;3H,2H2,1H3;2H,1H3;1-2H3;1-2H. The van der Waals surface area contributed by atoms with Crippen molar-refractivity contribution in [1.29, 1.82) is 0 Å². The molecule has 116 valence electrons. The molecule has 0 amide bonds. The van der Waals surface area contributed by atoms with Gasteiger partial charge < -0.3 is 14.8 Å². The van der Waals surface area contributed by atoms with Gasteiger partial charge in [0.1, 0.15) is 6.61 Å². The number of carbonyl (C=O) groups is 1. The summed E-state index contributed by atoms with van der Waals surface area (Å²) in [5.74, 6) is 0. The predicted molar refractivity (Wildman–Crippen MR) is 74.3 cm³/mol. The van der Waals surface area contributed by atoms with E-state index in [1.807, 2.05) is 13.8 Å². The fraction of sp³-hybridized carbons (Fsp3) is 0.769. The van der Waals surface area contributed by atoms with Crippen LogP contribution in [0.25, 0.3) is 0 Å². The van der Waals surface area contributed by atoms with E-state index in [1.165, 1.54) is 40.2 Å². The second-order valence-corrected chi connectivity index (χ2v) is 2.64. The van der Waals surface area contributed by atoms with Crippen molar-refractivity contribution in [1.82, 2.24) is 5.32 Å².